The van der Waals surface area contributed by atoms with Gasteiger partial charge in [0.25, 0.3) is 0 Å². The highest BCUT2D eigenvalue weighted by molar-refractivity contribution is 6.31. The van der Waals surface area contributed by atoms with E-state index >= 15 is 4.39 Å². The van der Waals surface area contributed by atoms with E-state index in [0.717, 1.165) is 0 Å². The van der Waals surface area contributed by atoms with Gasteiger partial charge in [0.2, 0.25) is 5.91 Å². The van der Waals surface area contributed by atoms with Crippen molar-refractivity contribution in [2.45, 2.75) is 37.9 Å². The lowest BCUT2D eigenvalue weighted by atomic mass is 9.92. The molecule has 2 atom stereocenters. The van der Waals surface area contributed by atoms with Crippen molar-refractivity contribution >= 4 is 23.1 Å². The number of imidazole rings is 1. The lowest BCUT2D eigenvalue weighted by Gasteiger charge is -2.33. The molecule has 37 heavy (non-hydrogen) atoms. The zero-order valence-electron chi connectivity index (χ0n) is 20.9. The maximum Gasteiger partial charge on any atom is 0.247 e. The van der Waals surface area contributed by atoms with E-state index in [1.54, 1.807) is 11.0 Å². The van der Waals surface area contributed by atoms with E-state index in [9.17, 15) is 14.3 Å². The van der Waals surface area contributed by atoms with Gasteiger partial charge in [-0.3, -0.25) is 9.78 Å². The molecule has 2 aliphatic heterocycles. The third kappa shape index (κ3) is 3.89. The molecule has 0 spiro atoms. The minimum Gasteiger partial charge on any atom is -0.390 e. The second-order valence-corrected chi connectivity index (χ2v) is 9.09. The molecule has 188 valence electrons. The Hall–Kier alpha value is -4.03. The van der Waals surface area contributed by atoms with E-state index in [4.69, 9.17) is 14.3 Å². The molecule has 1 fully saturated rings. The lowest BCUT2D eigenvalue weighted by molar-refractivity contribution is -0.129. The first kappa shape index (κ1) is 21.1. The van der Waals surface area contributed by atoms with Crippen LogP contribution in [0.1, 0.15) is 45.1 Å². The fourth-order valence-electron chi connectivity index (χ4n) is 5.07. The van der Waals surface area contributed by atoms with Gasteiger partial charge < -0.3 is 15.0 Å². The van der Waals surface area contributed by atoms with E-state index in [1.807, 2.05) is 0 Å². The van der Waals surface area contributed by atoms with Gasteiger partial charge in [-0.05, 0) is 53.5 Å². The molecule has 0 radical (unpaired) electrons. The number of halogens is 3. The number of carbonyl (C=O) groups excluding carboxylic acids is 1. The number of rotatable bonds is 5. The van der Waals surface area contributed by atoms with Crippen LogP contribution in [-0.2, 0) is 11.4 Å². The Balaban J connectivity index is 1.32. The largest absolute Gasteiger partial charge is 0.390 e. The van der Waals surface area contributed by atoms with Gasteiger partial charge in [0.15, 0.2) is 11.6 Å². The van der Waals surface area contributed by atoms with Gasteiger partial charge in [-0.1, -0.05) is 11.6 Å². The lowest BCUT2D eigenvalue weighted by Crippen LogP contribution is -2.39. The summed E-state index contributed by atoms with van der Waals surface area (Å²) < 4.78 is 46.3. The number of carbonyl (C=O) groups is 1. The number of hydrogen-bond donors (Lipinski definition) is 2. The number of H-pyrrole nitrogens is 1. The van der Waals surface area contributed by atoms with Crippen molar-refractivity contribution in [3.05, 3.63) is 76.7 Å². The quantitative estimate of drug-likeness (QED) is 0.408. The van der Waals surface area contributed by atoms with Gasteiger partial charge in [-0.15, -0.1) is 5.10 Å². The summed E-state index contributed by atoms with van der Waals surface area (Å²) in [5.74, 6) is -1.62. The smallest absolute Gasteiger partial charge is 0.247 e. The molecule has 1 aromatic carbocycles. The van der Waals surface area contributed by atoms with E-state index in [0.29, 0.717) is 36.3 Å². The molecule has 3 aromatic heterocycles. The Morgan fingerprint density at radius 3 is 2.89 bits per heavy atom. The number of nitrogens with zero attached hydrogens (tertiary/aromatic N) is 7. The van der Waals surface area contributed by atoms with Crippen LogP contribution in [0.3, 0.4) is 0 Å². The highest BCUT2D eigenvalue weighted by Gasteiger charge is 2.42. The first-order valence-corrected chi connectivity index (χ1v) is 11.7. The zero-order chi connectivity index (χ0) is 27.5. The summed E-state index contributed by atoms with van der Waals surface area (Å²) in [7, 11) is 0. The number of benzene rings is 1. The van der Waals surface area contributed by atoms with Crippen LogP contribution in [0.5, 0.6) is 0 Å². The molecule has 1 amide bonds. The second-order valence-electron chi connectivity index (χ2n) is 8.68. The number of nitrogens with one attached hydrogen (secondary N) is 1. The predicted molar refractivity (Wildman–Crippen MR) is 127 cm³/mol. The van der Waals surface area contributed by atoms with Gasteiger partial charge in [-0.2, -0.15) is 4.68 Å². The van der Waals surface area contributed by atoms with Crippen LogP contribution in [0.25, 0.3) is 22.5 Å². The Labute approximate surface area is 216 Å². The Morgan fingerprint density at radius 2 is 2.11 bits per heavy atom. The first-order valence-electron chi connectivity index (χ1n) is 12.3. The number of aliphatic hydroxyl groups is 1. The summed E-state index contributed by atoms with van der Waals surface area (Å²) in [4.78, 5) is 26.1. The summed E-state index contributed by atoms with van der Waals surface area (Å²) in [6.45, 7) is -2.96. The minimum atomic E-state index is -2.96. The topological polar surface area (TPSA) is 126 Å². The molecule has 1 unspecified atom stereocenters. The van der Waals surface area contributed by atoms with Crippen molar-refractivity contribution in [1.82, 2.24) is 40.1 Å². The molecule has 4 aromatic rings. The van der Waals surface area contributed by atoms with Crippen molar-refractivity contribution in [3.63, 3.8) is 0 Å². The van der Waals surface area contributed by atoms with Crippen LogP contribution < -0.4 is 0 Å². The molecule has 5 heterocycles. The van der Waals surface area contributed by atoms with E-state index in [2.05, 4.69) is 30.5 Å². The maximum absolute atomic E-state index is 15.3. The summed E-state index contributed by atoms with van der Waals surface area (Å²) in [6, 6.07) is 3.62. The predicted octanol–water partition coefficient (Wildman–Crippen LogP) is 3.39. The van der Waals surface area contributed by atoms with Gasteiger partial charge in [0, 0.05) is 35.6 Å². The maximum atomic E-state index is 15.3. The Morgan fingerprint density at radius 1 is 1.24 bits per heavy atom. The molecule has 6 rings (SSSR count). The molecule has 10 nitrogen and oxygen atoms in total. The van der Waals surface area contributed by atoms with Crippen molar-refractivity contribution in [1.29, 1.82) is 0 Å². The normalized spacial score (nSPS) is 20.5. The van der Waals surface area contributed by atoms with Crippen LogP contribution in [0.2, 0.25) is 5.02 Å². The number of fused-ring (bicyclic) bond motifs is 1. The van der Waals surface area contributed by atoms with Gasteiger partial charge >= 0.3 is 0 Å². The molecule has 13 heteroatoms. The molecule has 0 aliphatic carbocycles. The van der Waals surface area contributed by atoms with E-state index < -0.39 is 29.9 Å². The molecule has 2 aliphatic rings. The van der Waals surface area contributed by atoms with Gasteiger partial charge in [-0.25, -0.2) is 13.8 Å². The third-order valence-electron chi connectivity index (χ3n) is 6.68. The fourth-order valence-corrected chi connectivity index (χ4v) is 5.23. The number of hydrogen-bond acceptors (Lipinski definition) is 7. The minimum absolute atomic E-state index is 0.0475. The van der Waals surface area contributed by atoms with Crippen LogP contribution in [-0.4, -0.2) is 57.1 Å². The molecule has 0 saturated carbocycles. The summed E-state index contributed by atoms with van der Waals surface area (Å²) in [5.41, 5.74) is 0.353. The standard InChI is InChI=1S/C24H19ClF2N8O2/c25-15-2-4-18(34-11-30-32-33-34)21(23(15)27)12-7-13-1-3-19(35(13)20(37)8-12)24-29-9-16(31-24)14-5-6-28-17(10-36)22(14)26/h2,4-6,8-9,11,13,19,36H,1,3,7,10H2,(H,29,31)/t13?,19-/m0/s1/i10D2. The summed E-state index contributed by atoms with van der Waals surface area (Å²) >= 11 is 6.08. The van der Waals surface area contributed by atoms with Crippen LogP contribution in [0, 0.1) is 11.6 Å². The Bertz CT molecular complexity index is 1620. The number of tetrazole rings is 1. The van der Waals surface area contributed by atoms with Gasteiger partial charge in [0.1, 0.15) is 17.8 Å². The van der Waals surface area contributed by atoms with Crippen LogP contribution in [0.15, 0.2) is 43.0 Å². The number of aromatic nitrogens is 7. The highest BCUT2D eigenvalue weighted by Crippen LogP contribution is 2.44. The van der Waals surface area contributed by atoms with E-state index in [-0.39, 0.29) is 33.8 Å². The third-order valence-corrected chi connectivity index (χ3v) is 6.98. The summed E-state index contributed by atoms with van der Waals surface area (Å²) in [5, 5.41) is 20.6. The molecule has 0 bridgehead atoms. The van der Waals surface area contributed by atoms with E-state index in [1.165, 1.54) is 41.6 Å². The van der Waals surface area contributed by atoms with Crippen LogP contribution >= 0.6 is 11.6 Å². The number of amides is 1. The molecular weight excluding hydrogens is 506 g/mol. The van der Waals surface area contributed by atoms with Crippen molar-refractivity contribution in [2.24, 2.45) is 0 Å². The average molecular weight is 527 g/mol. The first-order chi connectivity index (χ1) is 18.6. The van der Waals surface area contributed by atoms with Crippen molar-refractivity contribution in [3.8, 4) is 16.9 Å². The van der Waals surface area contributed by atoms with Crippen molar-refractivity contribution < 1.29 is 21.4 Å². The average Bonchev–Trinajstić information content (AvgIpc) is 3.66. The number of pyridine rings is 1. The second kappa shape index (κ2) is 9.12. The molecular formula is C24H19ClF2N8O2. The van der Waals surface area contributed by atoms with Crippen molar-refractivity contribution in [2.75, 3.05) is 0 Å². The van der Waals surface area contributed by atoms with Gasteiger partial charge in [0.05, 0.1) is 31.7 Å². The SMILES string of the molecule is [2H]C([2H])(O)c1nccc(-c2c[nH]c([C@@H]3CCC4CC(c5c(-n6cnnn6)ccc(Cl)c5F)=CC(=O)N43)n2)c1F. The summed E-state index contributed by atoms with van der Waals surface area (Å²) in [6.07, 6.45) is 6.87. The Kier molecular flexibility index (Phi) is 5.20. The zero-order valence-corrected chi connectivity index (χ0v) is 19.7. The van der Waals surface area contributed by atoms with Crippen LogP contribution in [0.4, 0.5) is 8.78 Å². The molecule has 1 saturated heterocycles. The fraction of sp³-hybridized carbons (Fsp3) is 0.250. The molecule has 2 N–H and O–H groups in total. The highest BCUT2D eigenvalue weighted by atomic mass is 35.5. The number of aromatic amines is 1. The monoisotopic (exact) mass is 526 g/mol.